The third kappa shape index (κ3) is 4.28. The maximum absolute atomic E-state index is 6.40. The molecule has 0 amide bonds. The molecule has 0 saturated carbocycles. The Morgan fingerprint density at radius 1 is 0.275 bits per heavy atom. The van der Waals surface area contributed by atoms with Gasteiger partial charge in [0.2, 0.25) is 0 Å². The molecule has 1 aromatic heterocycles. The minimum Gasteiger partial charge on any atom is -0.456 e. The van der Waals surface area contributed by atoms with Gasteiger partial charge in [0.25, 0.3) is 0 Å². The van der Waals surface area contributed by atoms with Crippen molar-refractivity contribution in [2.24, 2.45) is 0 Å². The molecule has 236 valence electrons. The Bertz CT molecular complexity index is 3130. The summed E-state index contributed by atoms with van der Waals surface area (Å²) in [7, 11) is 0. The molecule has 0 unspecified atom stereocenters. The van der Waals surface area contributed by atoms with Crippen molar-refractivity contribution in [1.82, 2.24) is 0 Å². The van der Waals surface area contributed by atoms with E-state index in [2.05, 4.69) is 182 Å². The van der Waals surface area contributed by atoms with Gasteiger partial charge in [-0.2, -0.15) is 0 Å². The second-order valence-corrected chi connectivity index (χ2v) is 13.6. The first-order valence-electron chi connectivity index (χ1n) is 17.6. The smallest absolute Gasteiger partial charge is 0.136 e. The predicted octanol–water partition coefficient (Wildman–Crippen LogP) is 14.4. The van der Waals surface area contributed by atoms with Crippen LogP contribution in [0.4, 0.5) is 0 Å². The number of benzene rings is 10. The van der Waals surface area contributed by atoms with E-state index in [1.165, 1.54) is 87.1 Å². The standard InChI is InChI=1S/C50H30O/c1-3-13-38-31(10-1)12-9-19-40(38)49-43-17-7-5-15-41(43)48(42-16-6-8-18-44(42)49)37-23-22-33-28-34(20-21-35(33)29-37)36-24-26-45-47(30-36)51-46-27-25-32-11-2-4-14-39(32)50(45)46/h1-30H. The lowest BCUT2D eigenvalue weighted by Crippen LogP contribution is -1.91. The highest BCUT2D eigenvalue weighted by molar-refractivity contribution is 6.24. The summed E-state index contributed by atoms with van der Waals surface area (Å²) < 4.78 is 6.40. The topological polar surface area (TPSA) is 13.1 Å². The third-order valence-corrected chi connectivity index (χ3v) is 10.8. The Balaban J connectivity index is 1.06. The van der Waals surface area contributed by atoms with E-state index < -0.39 is 0 Å². The van der Waals surface area contributed by atoms with Crippen molar-refractivity contribution < 1.29 is 4.42 Å². The van der Waals surface area contributed by atoms with Gasteiger partial charge in [-0.25, -0.2) is 0 Å². The summed E-state index contributed by atoms with van der Waals surface area (Å²) in [6, 6.07) is 66.4. The fourth-order valence-corrected chi connectivity index (χ4v) is 8.48. The third-order valence-electron chi connectivity index (χ3n) is 10.8. The van der Waals surface area contributed by atoms with Crippen molar-refractivity contribution in [3.05, 3.63) is 182 Å². The van der Waals surface area contributed by atoms with Gasteiger partial charge < -0.3 is 4.42 Å². The van der Waals surface area contributed by atoms with Crippen LogP contribution in [0.3, 0.4) is 0 Å². The van der Waals surface area contributed by atoms with Gasteiger partial charge in [0, 0.05) is 10.8 Å². The van der Waals surface area contributed by atoms with Crippen molar-refractivity contribution >= 4 is 75.8 Å². The average Bonchev–Trinajstić information content (AvgIpc) is 3.58. The zero-order chi connectivity index (χ0) is 33.5. The SMILES string of the molecule is c1ccc2c(-c3c4ccccc4c(-c4ccc5cc(-c6ccc7c(c6)oc6ccc8ccccc8c67)ccc5c4)c4ccccc34)cccc2c1. The summed E-state index contributed by atoms with van der Waals surface area (Å²) in [6.45, 7) is 0. The van der Waals surface area contributed by atoms with Crippen LogP contribution in [0.5, 0.6) is 0 Å². The number of hydrogen-bond donors (Lipinski definition) is 0. The van der Waals surface area contributed by atoms with Gasteiger partial charge in [0.1, 0.15) is 11.2 Å². The van der Waals surface area contributed by atoms with E-state index in [4.69, 9.17) is 4.42 Å². The lowest BCUT2D eigenvalue weighted by atomic mass is 9.84. The fourth-order valence-electron chi connectivity index (χ4n) is 8.48. The Labute approximate surface area is 294 Å². The zero-order valence-corrected chi connectivity index (χ0v) is 27.7. The second kappa shape index (κ2) is 10.9. The molecule has 0 bridgehead atoms. The van der Waals surface area contributed by atoms with Crippen LogP contribution in [-0.2, 0) is 0 Å². The zero-order valence-electron chi connectivity index (χ0n) is 27.7. The first-order valence-corrected chi connectivity index (χ1v) is 17.6. The lowest BCUT2D eigenvalue weighted by Gasteiger charge is -2.19. The lowest BCUT2D eigenvalue weighted by molar-refractivity contribution is 0.669. The van der Waals surface area contributed by atoms with E-state index in [-0.39, 0.29) is 0 Å². The van der Waals surface area contributed by atoms with E-state index in [1.807, 2.05) is 0 Å². The number of hydrogen-bond acceptors (Lipinski definition) is 1. The number of fused-ring (bicyclic) bond motifs is 9. The maximum Gasteiger partial charge on any atom is 0.136 e. The molecule has 51 heavy (non-hydrogen) atoms. The summed E-state index contributed by atoms with van der Waals surface area (Å²) in [5.74, 6) is 0. The molecule has 0 aliphatic carbocycles. The molecule has 0 aliphatic rings. The van der Waals surface area contributed by atoms with E-state index in [0.29, 0.717) is 0 Å². The van der Waals surface area contributed by atoms with Crippen molar-refractivity contribution in [3.63, 3.8) is 0 Å². The molecule has 11 aromatic rings. The van der Waals surface area contributed by atoms with Crippen LogP contribution < -0.4 is 0 Å². The first-order chi connectivity index (χ1) is 25.3. The monoisotopic (exact) mass is 646 g/mol. The van der Waals surface area contributed by atoms with Crippen molar-refractivity contribution in [3.8, 4) is 33.4 Å². The normalized spacial score (nSPS) is 11.9. The van der Waals surface area contributed by atoms with Crippen LogP contribution in [0.15, 0.2) is 186 Å². The molecule has 0 saturated heterocycles. The van der Waals surface area contributed by atoms with Crippen LogP contribution in [0.1, 0.15) is 0 Å². The van der Waals surface area contributed by atoms with Gasteiger partial charge in [-0.05, 0) is 118 Å². The largest absolute Gasteiger partial charge is 0.456 e. The van der Waals surface area contributed by atoms with Gasteiger partial charge >= 0.3 is 0 Å². The molecular weight excluding hydrogens is 617 g/mol. The highest BCUT2D eigenvalue weighted by atomic mass is 16.3. The fraction of sp³-hybridized carbons (Fsp3) is 0. The molecule has 10 aromatic carbocycles. The Kier molecular flexibility index (Phi) is 6.02. The molecule has 0 aliphatic heterocycles. The van der Waals surface area contributed by atoms with Gasteiger partial charge in [-0.3, -0.25) is 0 Å². The molecule has 0 radical (unpaired) electrons. The quantitative estimate of drug-likeness (QED) is 0.174. The highest BCUT2D eigenvalue weighted by Gasteiger charge is 2.18. The number of furan rings is 1. The summed E-state index contributed by atoms with van der Waals surface area (Å²) in [4.78, 5) is 0. The number of rotatable bonds is 3. The highest BCUT2D eigenvalue weighted by Crippen LogP contribution is 2.46. The van der Waals surface area contributed by atoms with Crippen molar-refractivity contribution in [2.45, 2.75) is 0 Å². The van der Waals surface area contributed by atoms with Gasteiger partial charge in [-0.15, -0.1) is 0 Å². The second-order valence-electron chi connectivity index (χ2n) is 13.6. The Hall–Kier alpha value is -6.70. The van der Waals surface area contributed by atoms with Gasteiger partial charge in [-0.1, -0.05) is 152 Å². The molecule has 1 heterocycles. The first kappa shape index (κ1) is 28.2. The van der Waals surface area contributed by atoms with Crippen LogP contribution in [0, 0.1) is 0 Å². The minimum absolute atomic E-state index is 0.917. The molecule has 0 atom stereocenters. The summed E-state index contributed by atoms with van der Waals surface area (Å²) >= 11 is 0. The Morgan fingerprint density at radius 2 is 0.784 bits per heavy atom. The van der Waals surface area contributed by atoms with Gasteiger partial charge in [0.05, 0.1) is 0 Å². The van der Waals surface area contributed by atoms with E-state index in [1.54, 1.807) is 0 Å². The van der Waals surface area contributed by atoms with E-state index >= 15 is 0 Å². The van der Waals surface area contributed by atoms with Crippen molar-refractivity contribution in [1.29, 1.82) is 0 Å². The molecule has 11 rings (SSSR count). The molecule has 0 N–H and O–H groups in total. The molecule has 1 nitrogen and oxygen atoms in total. The summed E-state index contributed by atoms with van der Waals surface area (Å²) in [6.07, 6.45) is 0. The van der Waals surface area contributed by atoms with E-state index in [0.717, 1.165) is 22.1 Å². The van der Waals surface area contributed by atoms with Crippen LogP contribution in [0.25, 0.3) is 109 Å². The van der Waals surface area contributed by atoms with Crippen molar-refractivity contribution in [2.75, 3.05) is 0 Å². The molecule has 0 spiro atoms. The minimum atomic E-state index is 0.917. The van der Waals surface area contributed by atoms with Crippen LogP contribution in [0.2, 0.25) is 0 Å². The summed E-state index contributed by atoms with van der Waals surface area (Å²) in [5.41, 5.74) is 9.24. The maximum atomic E-state index is 6.40. The van der Waals surface area contributed by atoms with Gasteiger partial charge in [0.15, 0.2) is 0 Å². The molecule has 0 fully saturated rings. The average molecular weight is 647 g/mol. The molecular formula is C50H30O. The Morgan fingerprint density at radius 3 is 1.51 bits per heavy atom. The summed E-state index contributed by atoms with van der Waals surface area (Å²) in [5, 5.41) is 14.8. The molecule has 1 heteroatoms. The van der Waals surface area contributed by atoms with Crippen LogP contribution >= 0.6 is 0 Å². The van der Waals surface area contributed by atoms with E-state index in [9.17, 15) is 0 Å². The van der Waals surface area contributed by atoms with Crippen LogP contribution in [-0.4, -0.2) is 0 Å². The predicted molar refractivity (Wildman–Crippen MR) is 218 cm³/mol.